The third-order valence-corrected chi connectivity index (χ3v) is 4.58. The van der Waals surface area contributed by atoms with Crippen molar-refractivity contribution in [2.75, 3.05) is 42.9 Å². The summed E-state index contributed by atoms with van der Waals surface area (Å²) in [5.74, 6) is 1.02. The molecule has 126 valence electrons. The number of anilines is 2. The fourth-order valence-electron chi connectivity index (χ4n) is 2.73. The maximum atomic E-state index is 12.2. The molecule has 0 radical (unpaired) electrons. The zero-order valence-corrected chi connectivity index (χ0v) is 15.3. The Hall–Kier alpha value is -1.92. The summed E-state index contributed by atoms with van der Waals surface area (Å²) in [5, 5.41) is 2.95. The predicted octanol–water partition coefficient (Wildman–Crippen LogP) is 2.91. The summed E-state index contributed by atoms with van der Waals surface area (Å²) in [7, 11) is 0. The van der Waals surface area contributed by atoms with Gasteiger partial charge in [0, 0.05) is 42.5 Å². The van der Waals surface area contributed by atoms with E-state index in [2.05, 4.69) is 36.0 Å². The summed E-state index contributed by atoms with van der Waals surface area (Å²) in [5.41, 5.74) is 2.04. The number of hydrogen-bond donors (Lipinski definition) is 1. The zero-order chi connectivity index (χ0) is 16.9. The normalized spacial score (nSPS) is 15.3. The number of halogens is 1. The van der Waals surface area contributed by atoms with Crippen LogP contribution in [0, 0.1) is 6.92 Å². The minimum absolute atomic E-state index is 0.0362. The monoisotopic (exact) mass is 388 g/mol. The lowest BCUT2D eigenvalue weighted by atomic mass is 10.2. The smallest absolute Gasteiger partial charge is 0.238 e. The number of nitrogens with zero attached hydrogens (tertiary/aromatic N) is 3. The summed E-state index contributed by atoms with van der Waals surface area (Å²) >= 11 is 3.40. The van der Waals surface area contributed by atoms with E-state index in [4.69, 9.17) is 0 Å². The Morgan fingerprint density at radius 3 is 2.46 bits per heavy atom. The van der Waals surface area contributed by atoms with Crippen molar-refractivity contribution in [1.29, 1.82) is 0 Å². The Labute approximate surface area is 150 Å². The van der Waals surface area contributed by atoms with E-state index in [1.807, 2.05) is 49.5 Å². The molecule has 2 heterocycles. The molecule has 1 amide bonds. The molecule has 2 aromatic rings. The van der Waals surface area contributed by atoms with E-state index >= 15 is 0 Å². The highest BCUT2D eigenvalue weighted by Crippen LogP contribution is 2.16. The van der Waals surface area contributed by atoms with Gasteiger partial charge in [-0.3, -0.25) is 9.69 Å². The lowest BCUT2D eigenvalue weighted by Gasteiger charge is -2.35. The summed E-state index contributed by atoms with van der Waals surface area (Å²) in [6, 6.07) is 11.9. The van der Waals surface area contributed by atoms with Crippen LogP contribution >= 0.6 is 15.9 Å². The molecular formula is C18H21BrN4O. The zero-order valence-electron chi connectivity index (χ0n) is 13.7. The van der Waals surface area contributed by atoms with E-state index in [1.54, 1.807) is 0 Å². The molecule has 24 heavy (non-hydrogen) atoms. The second-order valence-corrected chi connectivity index (χ2v) is 6.93. The minimum atomic E-state index is 0.0362. The maximum absolute atomic E-state index is 12.2. The molecule has 0 bridgehead atoms. The number of benzene rings is 1. The van der Waals surface area contributed by atoms with E-state index in [9.17, 15) is 4.79 Å². The molecule has 0 atom stereocenters. The Balaban J connectivity index is 1.47. The van der Waals surface area contributed by atoms with Gasteiger partial charge in [0.25, 0.3) is 0 Å². The van der Waals surface area contributed by atoms with Crippen LogP contribution in [0.3, 0.4) is 0 Å². The van der Waals surface area contributed by atoms with Crippen LogP contribution in [-0.2, 0) is 4.79 Å². The first-order valence-corrected chi connectivity index (χ1v) is 8.85. The molecule has 5 nitrogen and oxygen atoms in total. The molecule has 1 aliphatic rings. The molecule has 0 spiro atoms. The van der Waals surface area contributed by atoms with Crippen LogP contribution in [0.4, 0.5) is 11.5 Å². The van der Waals surface area contributed by atoms with Crippen molar-refractivity contribution >= 4 is 33.3 Å². The lowest BCUT2D eigenvalue weighted by Crippen LogP contribution is -2.48. The van der Waals surface area contributed by atoms with Crippen LogP contribution in [0.5, 0.6) is 0 Å². The van der Waals surface area contributed by atoms with Gasteiger partial charge in [0.05, 0.1) is 6.54 Å². The summed E-state index contributed by atoms with van der Waals surface area (Å²) in [6.07, 6.45) is 1.82. The SMILES string of the molecule is Cc1ccc(NC(=O)CN2CCN(c3ccc(Br)cn3)CC2)cc1. The molecule has 1 aromatic carbocycles. The van der Waals surface area contributed by atoms with Crippen LogP contribution in [0.1, 0.15) is 5.56 Å². The highest BCUT2D eigenvalue weighted by atomic mass is 79.9. The highest BCUT2D eigenvalue weighted by Gasteiger charge is 2.19. The fraction of sp³-hybridized carbons (Fsp3) is 0.333. The van der Waals surface area contributed by atoms with Crippen LogP contribution in [0.2, 0.25) is 0 Å². The number of amides is 1. The van der Waals surface area contributed by atoms with Gasteiger partial charge in [0.1, 0.15) is 5.82 Å². The number of rotatable bonds is 4. The van der Waals surface area contributed by atoms with Crippen LogP contribution in [0.25, 0.3) is 0 Å². The fourth-order valence-corrected chi connectivity index (χ4v) is 2.97. The van der Waals surface area contributed by atoms with Crippen molar-refractivity contribution < 1.29 is 4.79 Å². The van der Waals surface area contributed by atoms with Crippen LogP contribution in [0.15, 0.2) is 47.1 Å². The van der Waals surface area contributed by atoms with Crippen LogP contribution in [-0.4, -0.2) is 48.5 Å². The predicted molar refractivity (Wildman–Crippen MR) is 100 cm³/mol. The topological polar surface area (TPSA) is 48.5 Å². The Morgan fingerprint density at radius 1 is 1.12 bits per heavy atom. The first kappa shape index (κ1) is 16.9. The third kappa shape index (κ3) is 4.55. The summed E-state index contributed by atoms with van der Waals surface area (Å²) < 4.78 is 0.984. The van der Waals surface area contributed by atoms with Crippen molar-refractivity contribution in [2.45, 2.75) is 6.92 Å². The molecular weight excluding hydrogens is 368 g/mol. The number of carbonyl (C=O) groups excluding carboxylic acids is 1. The van der Waals surface area contributed by atoms with Gasteiger partial charge in [-0.2, -0.15) is 0 Å². The maximum Gasteiger partial charge on any atom is 0.238 e. The molecule has 1 saturated heterocycles. The number of pyridine rings is 1. The van der Waals surface area contributed by atoms with Crippen molar-refractivity contribution in [3.63, 3.8) is 0 Å². The van der Waals surface area contributed by atoms with Gasteiger partial charge in [-0.25, -0.2) is 4.98 Å². The summed E-state index contributed by atoms with van der Waals surface area (Å²) in [4.78, 5) is 21.0. The number of piperazine rings is 1. The molecule has 0 saturated carbocycles. The number of hydrogen-bond acceptors (Lipinski definition) is 4. The Bertz CT molecular complexity index is 679. The Morgan fingerprint density at radius 2 is 1.83 bits per heavy atom. The van der Waals surface area contributed by atoms with Gasteiger partial charge in [0.15, 0.2) is 0 Å². The van der Waals surface area contributed by atoms with Crippen molar-refractivity contribution in [3.05, 3.63) is 52.6 Å². The highest BCUT2D eigenvalue weighted by molar-refractivity contribution is 9.10. The molecule has 1 aliphatic heterocycles. The molecule has 0 unspecified atom stereocenters. The van der Waals surface area contributed by atoms with Crippen molar-refractivity contribution in [3.8, 4) is 0 Å². The summed E-state index contributed by atoms with van der Waals surface area (Å²) in [6.45, 7) is 5.94. The molecule has 3 rings (SSSR count). The average Bonchev–Trinajstić information content (AvgIpc) is 2.58. The minimum Gasteiger partial charge on any atom is -0.354 e. The molecule has 1 fully saturated rings. The standard InChI is InChI=1S/C18H21BrN4O/c1-14-2-5-16(6-3-14)21-18(24)13-22-8-10-23(11-9-22)17-7-4-15(19)12-20-17/h2-7,12H,8-11,13H2,1H3,(H,21,24). The van der Waals surface area contributed by atoms with Crippen molar-refractivity contribution in [2.24, 2.45) is 0 Å². The quantitative estimate of drug-likeness (QED) is 0.874. The van der Waals surface area contributed by atoms with E-state index in [1.165, 1.54) is 5.56 Å². The van der Waals surface area contributed by atoms with Gasteiger partial charge >= 0.3 is 0 Å². The molecule has 1 N–H and O–H groups in total. The number of aryl methyl sites for hydroxylation is 1. The molecule has 0 aliphatic carbocycles. The molecule has 1 aromatic heterocycles. The Kier molecular flexibility index (Phi) is 5.48. The van der Waals surface area contributed by atoms with E-state index in [0.717, 1.165) is 42.2 Å². The van der Waals surface area contributed by atoms with Gasteiger partial charge < -0.3 is 10.2 Å². The van der Waals surface area contributed by atoms with Gasteiger partial charge in [-0.1, -0.05) is 17.7 Å². The van der Waals surface area contributed by atoms with Gasteiger partial charge in [-0.05, 0) is 47.1 Å². The van der Waals surface area contributed by atoms with E-state index in [0.29, 0.717) is 6.54 Å². The first-order chi connectivity index (χ1) is 11.6. The second-order valence-electron chi connectivity index (χ2n) is 6.01. The number of carbonyl (C=O) groups is 1. The lowest BCUT2D eigenvalue weighted by molar-refractivity contribution is -0.117. The number of nitrogens with one attached hydrogen (secondary N) is 1. The van der Waals surface area contributed by atoms with E-state index < -0.39 is 0 Å². The average molecular weight is 389 g/mol. The van der Waals surface area contributed by atoms with E-state index in [-0.39, 0.29) is 5.91 Å². The third-order valence-electron chi connectivity index (χ3n) is 4.11. The molecule has 6 heteroatoms. The largest absolute Gasteiger partial charge is 0.354 e. The number of aromatic nitrogens is 1. The van der Waals surface area contributed by atoms with Crippen LogP contribution < -0.4 is 10.2 Å². The van der Waals surface area contributed by atoms with Gasteiger partial charge in [0.2, 0.25) is 5.91 Å². The van der Waals surface area contributed by atoms with Crippen molar-refractivity contribution in [1.82, 2.24) is 9.88 Å². The first-order valence-electron chi connectivity index (χ1n) is 8.05. The second kappa shape index (κ2) is 7.77. The van der Waals surface area contributed by atoms with Gasteiger partial charge in [-0.15, -0.1) is 0 Å².